The lowest BCUT2D eigenvalue weighted by Gasteiger charge is -2.08. The van der Waals surface area contributed by atoms with Crippen LogP contribution in [0.15, 0.2) is 93.8 Å². The Bertz CT molecular complexity index is 2800. The van der Waals surface area contributed by atoms with E-state index in [9.17, 15) is 5.11 Å². The molecular formula is C37H24N2O3S2. The van der Waals surface area contributed by atoms with Crippen molar-refractivity contribution in [1.29, 1.82) is 0 Å². The van der Waals surface area contributed by atoms with Crippen LogP contribution < -0.4 is 0 Å². The van der Waals surface area contributed by atoms with Crippen molar-refractivity contribution in [2.45, 2.75) is 20.8 Å². The predicted molar refractivity (Wildman–Crippen MR) is 184 cm³/mol. The highest BCUT2D eigenvalue weighted by Gasteiger charge is 2.29. The lowest BCUT2D eigenvalue weighted by atomic mass is 10.2. The highest BCUT2D eigenvalue weighted by atomic mass is 32.1. The average molecular weight is 609 g/mol. The Morgan fingerprint density at radius 2 is 1.16 bits per heavy atom. The minimum absolute atomic E-state index is 0.242. The normalized spacial score (nSPS) is 12.5. The molecule has 10 aromatic rings. The van der Waals surface area contributed by atoms with Crippen molar-refractivity contribution < 1.29 is 13.9 Å². The maximum atomic E-state index is 10.1. The number of furan rings is 2. The van der Waals surface area contributed by atoms with E-state index in [1.165, 1.54) is 15.8 Å². The number of fused-ring (bicyclic) bond motifs is 13. The Labute approximate surface area is 258 Å². The van der Waals surface area contributed by atoms with E-state index in [4.69, 9.17) is 8.83 Å². The number of aryl methyl sites for hydroxylation is 3. The number of hydrogen-bond acceptors (Lipinski definition) is 5. The smallest absolute Gasteiger partial charge is 0.171 e. The highest BCUT2D eigenvalue weighted by Crippen LogP contribution is 2.53. The summed E-state index contributed by atoms with van der Waals surface area (Å²) in [5.74, 6) is 0.242. The molecule has 6 aromatic heterocycles. The van der Waals surface area contributed by atoms with Crippen molar-refractivity contribution in [1.82, 2.24) is 9.13 Å². The van der Waals surface area contributed by atoms with Crippen LogP contribution >= 0.6 is 22.7 Å². The third-order valence-electron chi connectivity index (χ3n) is 8.83. The molecule has 44 heavy (non-hydrogen) atoms. The van der Waals surface area contributed by atoms with Gasteiger partial charge in [-0.3, -0.25) is 0 Å². The molecule has 0 spiro atoms. The SMILES string of the molecule is Cc1ccc(-n2c3cc(C)ccc3c3oc4c5sc6c7oc8cc(C)ccc8c7n(-c7ccc(O)cc7)c6c5sc4c32)cc1. The first-order valence-electron chi connectivity index (χ1n) is 14.6. The Morgan fingerprint density at radius 3 is 1.95 bits per heavy atom. The summed E-state index contributed by atoms with van der Waals surface area (Å²) < 4.78 is 22.7. The maximum Gasteiger partial charge on any atom is 0.171 e. The number of phenols is 1. The molecule has 10 rings (SSSR count). The molecule has 0 radical (unpaired) electrons. The van der Waals surface area contributed by atoms with Gasteiger partial charge in [-0.05, 0) is 92.6 Å². The lowest BCUT2D eigenvalue weighted by molar-refractivity contribution is 0.475. The molecule has 0 atom stereocenters. The van der Waals surface area contributed by atoms with E-state index in [1.54, 1.807) is 34.8 Å². The molecule has 4 aromatic carbocycles. The van der Waals surface area contributed by atoms with Crippen LogP contribution in [0, 0.1) is 20.8 Å². The summed E-state index contributed by atoms with van der Waals surface area (Å²) in [7, 11) is 0. The van der Waals surface area contributed by atoms with Crippen LogP contribution in [0.5, 0.6) is 5.75 Å². The zero-order chi connectivity index (χ0) is 29.4. The second kappa shape index (κ2) is 8.34. The lowest BCUT2D eigenvalue weighted by Crippen LogP contribution is -1.93. The van der Waals surface area contributed by atoms with Crippen LogP contribution in [0.25, 0.3) is 85.3 Å². The molecule has 5 nitrogen and oxygen atoms in total. The predicted octanol–water partition coefficient (Wildman–Crippen LogP) is 11.3. The molecule has 7 heteroatoms. The highest BCUT2D eigenvalue weighted by molar-refractivity contribution is 7.37. The van der Waals surface area contributed by atoms with Crippen molar-refractivity contribution in [3.8, 4) is 17.1 Å². The number of aromatic hydroxyl groups is 1. The van der Waals surface area contributed by atoms with Crippen LogP contribution in [-0.4, -0.2) is 14.2 Å². The Hall–Kier alpha value is -4.98. The Balaban J connectivity index is 1.37. The van der Waals surface area contributed by atoms with Crippen LogP contribution in [0.1, 0.15) is 16.7 Å². The van der Waals surface area contributed by atoms with Crippen molar-refractivity contribution in [3.63, 3.8) is 0 Å². The molecule has 0 fully saturated rings. The van der Waals surface area contributed by atoms with Gasteiger partial charge in [-0.1, -0.05) is 29.8 Å². The van der Waals surface area contributed by atoms with E-state index in [0.717, 1.165) is 86.2 Å². The van der Waals surface area contributed by atoms with Gasteiger partial charge in [0.1, 0.15) is 22.4 Å². The van der Waals surface area contributed by atoms with Crippen molar-refractivity contribution in [3.05, 3.63) is 102 Å². The number of phenolic OH excluding ortho intramolecular Hbond substituents is 1. The van der Waals surface area contributed by atoms with E-state index < -0.39 is 0 Å². The topological polar surface area (TPSA) is 56.4 Å². The summed E-state index contributed by atoms with van der Waals surface area (Å²) in [4.78, 5) is 0. The maximum absolute atomic E-state index is 10.1. The zero-order valence-electron chi connectivity index (χ0n) is 24.1. The Morgan fingerprint density at radius 1 is 0.523 bits per heavy atom. The van der Waals surface area contributed by atoms with Crippen molar-refractivity contribution in [2.75, 3.05) is 0 Å². The number of rotatable bonds is 2. The second-order valence-corrected chi connectivity index (χ2v) is 13.8. The first kappa shape index (κ1) is 24.5. The molecule has 0 saturated carbocycles. The van der Waals surface area contributed by atoms with Gasteiger partial charge in [-0.25, -0.2) is 0 Å². The molecule has 0 aliphatic carbocycles. The first-order valence-corrected chi connectivity index (χ1v) is 16.2. The summed E-state index contributed by atoms with van der Waals surface area (Å²) in [6.45, 7) is 6.35. The molecule has 0 bridgehead atoms. The van der Waals surface area contributed by atoms with Crippen LogP contribution in [0.3, 0.4) is 0 Å². The van der Waals surface area contributed by atoms with E-state index in [-0.39, 0.29) is 5.75 Å². The molecule has 6 heterocycles. The van der Waals surface area contributed by atoms with Crippen LogP contribution in [0.4, 0.5) is 0 Å². The average Bonchev–Trinajstić information content (AvgIpc) is 3.82. The number of aromatic nitrogens is 2. The molecule has 0 saturated heterocycles. The monoisotopic (exact) mass is 608 g/mol. The van der Waals surface area contributed by atoms with Crippen LogP contribution in [-0.2, 0) is 0 Å². The zero-order valence-corrected chi connectivity index (χ0v) is 25.7. The van der Waals surface area contributed by atoms with Crippen molar-refractivity contribution in [2.24, 2.45) is 0 Å². The van der Waals surface area contributed by atoms with E-state index in [2.05, 4.69) is 90.6 Å². The third kappa shape index (κ3) is 3.07. The molecule has 0 aliphatic rings. The third-order valence-corrected chi connectivity index (χ3v) is 11.3. The number of hydrogen-bond donors (Lipinski definition) is 1. The first-order chi connectivity index (χ1) is 21.4. The van der Waals surface area contributed by atoms with Gasteiger partial charge in [0.05, 0.1) is 29.8 Å². The fraction of sp³-hybridized carbons (Fsp3) is 0.0811. The molecule has 1 N–H and O–H groups in total. The van der Waals surface area contributed by atoms with Gasteiger partial charge in [0.2, 0.25) is 0 Å². The summed E-state index contributed by atoms with van der Waals surface area (Å²) in [6.07, 6.45) is 0. The van der Waals surface area contributed by atoms with E-state index in [1.807, 2.05) is 12.1 Å². The van der Waals surface area contributed by atoms with Gasteiger partial charge >= 0.3 is 0 Å². The van der Waals surface area contributed by atoms with Gasteiger partial charge < -0.3 is 23.1 Å². The molecule has 212 valence electrons. The van der Waals surface area contributed by atoms with Gasteiger partial charge in [0, 0.05) is 22.1 Å². The van der Waals surface area contributed by atoms with Gasteiger partial charge in [-0.2, -0.15) is 0 Å². The number of nitrogens with zero attached hydrogens (tertiary/aromatic N) is 2. The quantitative estimate of drug-likeness (QED) is 0.212. The fourth-order valence-corrected chi connectivity index (χ4v) is 9.51. The summed E-state index contributed by atoms with van der Waals surface area (Å²) in [6, 6.07) is 29.1. The number of thiophene rings is 2. The molecule has 0 unspecified atom stereocenters. The van der Waals surface area contributed by atoms with E-state index >= 15 is 0 Å². The van der Waals surface area contributed by atoms with Crippen molar-refractivity contribution >= 4 is 96.6 Å². The fourth-order valence-electron chi connectivity index (χ4n) is 6.79. The van der Waals surface area contributed by atoms with Gasteiger partial charge in [-0.15, -0.1) is 22.7 Å². The summed E-state index contributed by atoms with van der Waals surface area (Å²) in [5.41, 5.74) is 13.8. The molecule has 0 amide bonds. The minimum atomic E-state index is 0.242. The molecule has 0 aliphatic heterocycles. The second-order valence-electron chi connectivity index (χ2n) is 11.8. The van der Waals surface area contributed by atoms with Gasteiger partial charge in [0.15, 0.2) is 16.7 Å². The van der Waals surface area contributed by atoms with E-state index in [0.29, 0.717) is 0 Å². The Kier molecular flexibility index (Phi) is 4.64. The minimum Gasteiger partial charge on any atom is -0.508 e. The number of benzene rings is 4. The standard InChI is InChI=1S/C37H24N2O3S2/c1-18-4-8-21(9-5-18)38-26-16-19(2)6-14-24(26)31-29(38)34-33(42-31)37-36(43-34)30-35(44-37)32-28(25-15-7-20(3)17-27(25)41-32)39(30)22-10-12-23(40)13-11-22/h4-17,40H,1-3H3. The molecular weight excluding hydrogens is 585 g/mol. The van der Waals surface area contributed by atoms with Gasteiger partial charge in [0.25, 0.3) is 0 Å². The summed E-state index contributed by atoms with van der Waals surface area (Å²) >= 11 is 3.53. The summed E-state index contributed by atoms with van der Waals surface area (Å²) in [5, 5.41) is 12.3. The van der Waals surface area contributed by atoms with Crippen LogP contribution in [0.2, 0.25) is 0 Å². The largest absolute Gasteiger partial charge is 0.508 e.